The van der Waals surface area contributed by atoms with Crippen LogP contribution >= 0.6 is 0 Å². The van der Waals surface area contributed by atoms with E-state index in [1.807, 2.05) is 45.8 Å². The first-order chi connectivity index (χ1) is 9.67. The second-order valence-corrected chi connectivity index (χ2v) is 6.59. The van der Waals surface area contributed by atoms with Gasteiger partial charge in [-0.1, -0.05) is 6.08 Å². The largest absolute Gasteiger partial charge is 0.444 e. The van der Waals surface area contributed by atoms with Crippen LogP contribution in [-0.2, 0) is 9.53 Å². The average Bonchev–Trinajstić information content (AvgIpc) is 2.74. The molecule has 6 heteroatoms. The minimum atomic E-state index is -0.493. The SMILES string of the molecule is CN(C)C/C=C/C(=O)N[C@@H]1CCN(C(=O)OC(C)(C)C)C1. The van der Waals surface area contributed by atoms with Gasteiger partial charge in [-0.05, 0) is 41.3 Å². The fraction of sp³-hybridized carbons (Fsp3) is 0.733. The second kappa shape index (κ2) is 7.45. The van der Waals surface area contributed by atoms with Gasteiger partial charge in [0.05, 0.1) is 0 Å². The van der Waals surface area contributed by atoms with Crippen molar-refractivity contribution in [3.8, 4) is 0 Å². The van der Waals surface area contributed by atoms with Crippen molar-refractivity contribution in [3.05, 3.63) is 12.2 Å². The number of carbonyl (C=O) groups excluding carboxylic acids is 2. The predicted molar refractivity (Wildman–Crippen MR) is 82.0 cm³/mol. The van der Waals surface area contributed by atoms with Gasteiger partial charge < -0.3 is 19.9 Å². The van der Waals surface area contributed by atoms with Crippen LogP contribution in [0.25, 0.3) is 0 Å². The van der Waals surface area contributed by atoms with Gasteiger partial charge in [-0.25, -0.2) is 4.79 Å². The molecule has 1 atom stereocenters. The second-order valence-electron chi connectivity index (χ2n) is 6.59. The molecule has 0 aliphatic carbocycles. The summed E-state index contributed by atoms with van der Waals surface area (Å²) in [5.41, 5.74) is -0.493. The number of hydrogen-bond acceptors (Lipinski definition) is 4. The molecule has 2 amide bonds. The van der Waals surface area contributed by atoms with Crippen LogP contribution in [0.1, 0.15) is 27.2 Å². The number of rotatable bonds is 4. The molecule has 6 nitrogen and oxygen atoms in total. The summed E-state index contributed by atoms with van der Waals surface area (Å²) < 4.78 is 5.32. The maximum absolute atomic E-state index is 11.9. The lowest BCUT2D eigenvalue weighted by atomic mass is 10.2. The molecule has 0 aromatic heterocycles. The predicted octanol–water partition coefficient (Wildman–Crippen LogP) is 1.23. The molecule has 1 aliphatic heterocycles. The summed E-state index contributed by atoms with van der Waals surface area (Å²) in [6, 6.07) is -0.00553. The highest BCUT2D eigenvalue weighted by atomic mass is 16.6. The third-order valence-electron chi connectivity index (χ3n) is 2.93. The maximum atomic E-state index is 11.9. The molecule has 0 spiro atoms. The van der Waals surface area contributed by atoms with E-state index in [1.54, 1.807) is 4.90 Å². The Bertz CT molecular complexity index is 399. The highest BCUT2D eigenvalue weighted by molar-refractivity contribution is 5.87. The van der Waals surface area contributed by atoms with Gasteiger partial charge in [0.25, 0.3) is 0 Å². The topological polar surface area (TPSA) is 61.9 Å². The number of likely N-dealkylation sites (tertiary alicyclic amines) is 1. The molecule has 0 unspecified atom stereocenters. The summed E-state index contributed by atoms with van der Waals surface area (Å²) in [6.45, 7) is 7.37. The minimum Gasteiger partial charge on any atom is -0.444 e. The van der Waals surface area contributed by atoms with Gasteiger partial charge in [0.2, 0.25) is 5.91 Å². The molecule has 0 radical (unpaired) electrons. The van der Waals surface area contributed by atoms with E-state index in [2.05, 4.69) is 5.32 Å². The first-order valence-corrected chi connectivity index (χ1v) is 7.27. The van der Waals surface area contributed by atoms with Gasteiger partial charge in [0, 0.05) is 31.8 Å². The minimum absolute atomic E-state index is 0.00553. The molecule has 0 bridgehead atoms. The number of carbonyl (C=O) groups is 2. The Hall–Kier alpha value is -1.56. The Morgan fingerprint density at radius 1 is 1.38 bits per heavy atom. The van der Waals surface area contributed by atoms with Gasteiger partial charge in [0.15, 0.2) is 0 Å². The number of hydrogen-bond donors (Lipinski definition) is 1. The Balaban J connectivity index is 2.36. The van der Waals surface area contributed by atoms with Crippen molar-refractivity contribution in [2.24, 2.45) is 0 Å². The fourth-order valence-corrected chi connectivity index (χ4v) is 1.99. The molecule has 1 heterocycles. The van der Waals surface area contributed by atoms with E-state index >= 15 is 0 Å². The Morgan fingerprint density at radius 2 is 2.05 bits per heavy atom. The quantitative estimate of drug-likeness (QED) is 0.793. The highest BCUT2D eigenvalue weighted by Gasteiger charge is 2.30. The van der Waals surface area contributed by atoms with Crippen molar-refractivity contribution in [1.82, 2.24) is 15.1 Å². The van der Waals surface area contributed by atoms with E-state index in [-0.39, 0.29) is 18.0 Å². The van der Waals surface area contributed by atoms with Gasteiger partial charge in [-0.2, -0.15) is 0 Å². The van der Waals surface area contributed by atoms with Crippen LogP contribution in [0.15, 0.2) is 12.2 Å². The molecule has 0 aromatic rings. The summed E-state index contributed by atoms with van der Waals surface area (Å²) in [7, 11) is 3.88. The maximum Gasteiger partial charge on any atom is 0.410 e. The van der Waals surface area contributed by atoms with E-state index in [0.29, 0.717) is 13.1 Å². The lowest BCUT2D eigenvalue weighted by molar-refractivity contribution is -0.117. The summed E-state index contributed by atoms with van der Waals surface area (Å²) in [5, 5.41) is 2.91. The monoisotopic (exact) mass is 297 g/mol. The van der Waals surface area contributed by atoms with Crippen LogP contribution in [0, 0.1) is 0 Å². The molecule has 120 valence electrons. The molecule has 21 heavy (non-hydrogen) atoms. The van der Waals surface area contributed by atoms with Gasteiger partial charge in [-0.3, -0.25) is 4.79 Å². The van der Waals surface area contributed by atoms with Crippen molar-refractivity contribution in [2.75, 3.05) is 33.7 Å². The lowest BCUT2D eigenvalue weighted by Crippen LogP contribution is -2.39. The van der Waals surface area contributed by atoms with Crippen LogP contribution < -0.4 is 5.32 Å². The Labute approximate surface area is 127 Å². The summed E-state index contributed by atoms with van der Waals surface area (Å²) in [5.74, 6) is -0.118. The lowest BCUT2D eigenvalue weighted by Gasteiger charge is -2.24. The summed E-state index contributed by atoms with van der Waals surface area (Å²) >= 11 is 0. The van der Waals surface area contributed by atoms with Crippen molar-refractivity contribution < 1.29 is 14.3 Å². The van der Waals surface area contributed by atoms with Crippen LogP contribution in [0.5, 0.6) is 0 Å². The number of ether oxygens (including phenoxy) is 1. The summed E-state index contributed by atoms with van der Waals surface area (Å²) in [4.78, 5) is 27.3. The third-order valence-corrected chi connectivity index (χ3v) is 2.93. The normalized spacial score (nSPS) is 19.3. The van der Waals surface area contributed by atoms with Crippen molar-refractivity contribution in [2.45, 2.75) is 38.8 Å². The van der Waals surface area contributed by atoms with Crippen LogP contribution in [-0.4, -0.2) is 67.2 Å². The molecular formula is C15H27N3O3. The zero-order chi connectivity index (χ0) is 16.0. The Morgan fingerprint density at radius 3 is 2.62 bits per heavy atom. The van der Waals surface area contributed by atoms with Gasteiger partial charge >= 0.3 is 6.09 Å². The molecule has 1 saturated heterocycles. The number of nitrogens with one attached hydrogen (secondary N) is 1. The van der Waals surface area contributed by atoms with Crippen molar-refractivity contribution >= 4 is 12.0 Å². The van der Waals surface area contributed by atoms with E-state index in [1.165, 1.54) is 6.08 Å². The standard InChI is InChI=1S/C15H27N3O3/c1-15(2,3)21-14(20)18-10-8-12(11-18)16-13(19)7-6-9-17(4)5/h6-7,12H,8-11H2,1-5H3,(H,16,19)/b7-6+/t12-/m1/s1. The molecule has 1 rings (SSSR count). The van der Waals surface area contributed by atoms with Crippen molar-refractivity contribution in [1.29, 1.82) is 0 Å². The molecule has 1 aliphatic rings. The number of amides is 2. The zero-order valence-electron chi connectivity index (χ0n) is 13.7. The zero-order valence-corrected chi connectivity index (χ0v) is 13.7. The van der Waals surface area contributed by atoms with Crippen LogP contribution in [0.3, 0.4) is 0 Å². The summed E-state index contributed by atoms with van der Waals surface area (Å²) in [6.07, 6.45) is 3.79. The molecule has 0 saturated carbocycles. The number of likely N-dealkylation sites (N-methyl/N-ethyl adjacent to an activating group) is 1. The molecule has 1 N–H and O–H groups in total. The first kappa shape index (κ1) is 17.5. The van der Waals surface area contributed by atoms with Crippen LogP contribution in [0.2, 0.25) is 0 Å². The third kappa shape index (κ3) is 7.13. The Kier molecular flexibility index (Phi) is 6.20. The first-order valence-electron chi connectivity index (χ1n) is 7.27. The van der Waals surface area contributed by atoms with E-state index in [0.717, 1.165) is 13.0 Å². The van der Waals surface area contributed by atoms with Crippen molar-refractivity contribution in [3.63, 3.8) is 0 Å². The number of nitrogens with zero attached hydrogens (tertiary/aromatic N) is 2. The van der Waals surface area contributed by atoms with E-state index < -0.39 is 5.60 Å². The highest BCUT2D eigenvalue weighted by Crippen LogP contribution is 2.15. The molecular weight excluding hydrogens is 270 g/mol. The van der Waals surface area contributed by atoms with E-state index in [9.17, 15) is 9.59 Å². The molecule has 1 fully saturated rings. The molecule has 0 aromatic carbocycles. The average molecular weight is 297 g/mol. The van der Waals surface area contributed by atoms with Crippen LogP contribution in [0.4, 0.5) is 4.79 Å². The fourth-order valence-electron chi connectivity index (χ4n) is 1.99. The van der Waals surface area contributed by atoms with Gasteiger partial charge in [0.1, 0.15) is 5.60 Å². The van der Waals surface area contributed by atoms with E-state index in [4.69, 9.17) is 4.74 Å². The smallest absolute Gasteiger partial charge is 0.410 e. The van der Waals surface area contributed by atoms with Gasteiger partial charge in [-0.15, -0.1) is 0 Å².